The maximum atomic E-state index is 12.5. The molecule has 1 aliphatic heterocycles. The molecule has 0 bridgehead atoms. The van der Waals surface area contributed by atoms with Crippen LogP contribution in [-0.2, 0) is 11.8 Å². The van der Waals surface area contributed by atoms with Crippen molar-refractivity contribution < 1.29 is 9.53 Å². The van der Waals surface area contributed by atoms with Crippen molar-refractivity contribution in [3.8, 4) is 11.4 Å². The molecule has 1 saturated heterocycles. The SMILES string of the molecule is Cn1ccc2c3nc(-c4ccc(NC(=O)c5ccncc5)cc4)nc(N4CCOCC4)c3ccc21. The van der Waals surface area contributed by atoms with E-state index in [4.69, 9.17) is 14.7 Å². The van der Waals surface area contributed by atoms with Crippen LogP contribution in [0.2, 0.25) is 0 Å². The predicted molar refractivity (Wildman–Crippen MR) is 137 cm³/mol. The van der Waals surface area contributed by atoms with Gasteiger partial charge in [0, 0.05) is 71.8 Å². The zero-order valence-electron chi connectivity index (χ0n) is 19.3. The first-order valence-corrected chi connectivity index (χ1v) is 11.6. The highest BCUT2D eigenvalue weighted by Gasteiger charge is 2.20. The topological polar surface area (TPSA) is 85.2 Å². The van der Waals surface area contributed by atoms with Gasteiger partial charge in [0.15, 0.2) is 5.82 Å². The number of amides is 1. The van der Waals surface area contributed by atoms with Gasteiger partial charge in [-0.25, -0.2) is 9.97 Å². The fraction of sp³-hybridized carbons (Fsp3) is 0.185. The molecule has 1 N–H and O–H groups in total. The standard InChI is InChI=1S/C27H24N6O2/c1-32-13-10-21-23(32)7-6-22-24(21)30-25(31-26(22)33-14-16-35-17-15-33)18-2-4-20(5-3-18)29-27(34)19-8-11-28-12-9-19/h2-13H,14-17H2,1H3,(H,29,34). The third kappa shape index (κ3) is 3.98. The summed E-state index contributed by atoms with van der Waals surface area (Å²) >= 11 is 0. The number of pyridine rings is 1. The van der Waals surface area contributed by atoms with Crippen molar-refractivity contribution in [2.75, 3.05) is 36.5 Å². The Kier molecular flexibility index (Phi) is 5.35. The van der Waals surface area contributed by atoms with Gasteiger partial charge in [0.05, 0.1) is 18.7 Å². The van der Waals surface area contributed by atoms with E-state index in [1.165, 1.54) is 0 Å². The van der Waals surface area contributed by atoms with Crippen LogP contribution in [0.25, 0.3) is 33.2 Å². The largest absolute Gasteiger partial charge is 0.378 e. The Bertz CT molecular complexity index is 1520. The van der Waals surface area contributed by atoms with Gasteiger partial charge < -0.3 is 19.5 Å². The number of anilines is 2. The van der Waals surface area contributed by atoms with E-state index >= 15 is 0 Å². The number of morpholine rings is 1. The first-order valence-electron chi connectivity index (χ1n) is 11.6. The van der Waals surface area contributed by atoms with Crippen molar-refractivity contribution in [3.63, 3.8) is 0 Å². The fourth-order valence-electron chi connectivity index (χ4n) is 4.48. The first-order chi connectivity index (χ1) is 17.2. The number of carbonyl (C=O) groups excluding carboxylic acids is 1. The molecule has 0 spiro atoms. The summed E-state index contributed by atoms with van der Waals surface area (Å²) in [5, 5.41) is 5.06. The summed E-state index contributed by atoms with van der Waals surface area (Å²) in [6.07, 6.45) is 5.26. The summed E-state index contributed by atoms with van der Waals surface area (Å²) in [5.41, 5.74) is 4.21. The molecule has 2 aromatic carbocycles. The number of nitrogens with zero attached hydrogens (tertiary/aromatic N) is 5. The highest BCUT2D eigenvalue weighted by atomic mass is 16.5. The van der Waals surface area contributed by atoms with Crippen LogP contribution in [-0.4, -0.2) is 51.7 Å². The number of hydrogen-bond acceptors (Lipinski definition) is 6. The molecule has 8 nitrogen and oxygen atoms in total. The molecule has 8 heteroatoms. The summed E-state index contributed by atoms with van der Waals surface area (Å²) in [6, 6.07) is 17.4. The van der Waals surface area contributed by atoms with Gasteiger partial charge in [0.2, 0.25) is 0 Å². The molecule has 5 aromatic rings. The van der Waals surface area contributed by atoms with Crippen LogP contribution in [0, 0.1) is 0 Å². The third-order valence-corrected chi connectivity index (χ3v) is 6.36. The van der Waals surface area contributed by atoms with Crippen LogP contribution >= 0.6 is 0 Å². The molecule has 0 radical (unpaired) electrons. The lowest BCUT2D eigenvalue weighted by Gasteiger charge is -2.29. The second-order valence-corrected chi connectivity index (χ2v) is 8.56. The average Bonchev–Trinajstić information content (AvgIpc) is 3.30. The van der Waals surface area contributed by atoms with Crippen LogP contribution in [0.15, 0.2) is 73.2 Å². The molecule has 0 aliphatic carbocycles. The van der Waals surface area contributed by atoms with Gasteiger partial charge in [-0.3, -0.25) is 9.78 Å². The average molecular weight is 465 g/mol. The highest BCUT2D eigenvalue weighted by molar-refractivity contribution is 6.08. The molecule has 35 heavy (non-hydrogen) atoms. The number of fused-ring (bicyclic) bond motifs is 3. The van der Waals surface area contributed by atoms with Gasteiger partial charge in [-0.15, -0.1) is 0 Å². The zero-order chi connectivity index (χ0) is 23.8. The lowest BCUT2D eigenvalue weighted by atomic mass is 10.1. The highest BCUT2D eigenvalue weighted by Crippen LogP contribution is 2.33. The number of benzene rings is 2. The van der Waals surface area contributed by atoms with Crippen molar-refractivity contribution in [1.82, 2.24) is 19.5 Å². The first kappa shape index (κ1) is 21.2. The molecule has 4 heterocycles. The number of ether oxygens (including phenoxy) is 1. The van der Waals surface area contributed by atoms with Crippen molar-refractivity contribution in [2.45, 2.75) is 0 Å². The Hall–Kier alpha value is -4.30. The van der Waals surface area contributed by atoms with Crippen LogP contribution in [0.4, 0.5) is 11.5 Å². The van der Waals surface area contributed by atoms with E-state index in [1.54, 1.807) is 24.5 Å². The minimum absolute atomic E-state index is 0.178. The molecule has 0 unspecified atom stereocenters. The normalized spacial score (nSPS) is 13.9. The van der Waals surface area contributed by atoms with Gasteiger partial charge in [-0.1, -0.05) is 0 Å². The molecule has 1 fully saturated rings. The molecule has 0 saturated carbocycles. The van der Waals surface area contributed by atoms with Crippen molar-refractivity contribution in [3.05, 3.63) is 78.8 Å². The summed E-state index contributed by atoms with van der Waals surface area (Å²) in [4.78, 5) is 28.7. The predicted octanol–water partition coefficient (Wildman–Crippen LogP) is 4.27. The van der Waals surface area contributed by atoms with Crippen LogP contribution < -0.4 is 10.2 Å². The second kappa shape index (κ2) is 8.81. The van der Waals surface area contributed by atoms with Gasteiger partial charge in [-0.05, 0) is 54.6 Å². The number of aryl methyl sites for hydroxylation is 1. The lowest BCUT2D eigenvalue weighted by molar-refractivity contribution is 0.102. The smallest absolute Gasteiger partial charge is 0.255 e. The van der Waals surface area contributed by atoms with Crippen molar-refractivity contribution in [1.29, 1.82) is 0 Å². The number of carbonyl (C=O) groups is 1. The van der Waals surface area contributed by atoms with E-state index in [0.717, 1.165) is 46.3 Å². The maximum absolute atomic E-state index is 12.5. The van der Waals surface area contributed by atoms with Crippen LogP contribution in [0.5, 0.6) is 0 Å². The monoisotopic (exact) mass is 464 g/mol. The molecule has 0 atom stereocenters. The lowest BCUT2D eigenvalue weighted by Crippen LogP contribution is -2.37. The molecule has 3 aromatic heterocycles. The molecule has 1 aliphatic rings. The van der Waals surface area contributed by atoms with E-state index in [-0.39, 0.29) is 5.91 Å². The fourth-order valence-corrected chi connectivity index (χ4v) is 4.48. The molecular weight excluding hydrogens is 440 g/mol. The Morgan fingerprint density at radius 3 is 2.46 bits per heavy atom. The number of aromatic nitrogens is 4. The second-order valence-electron chi connectivity index (χ2n) is 8.56. The minimum atomic E-state index is -0.178. The number of rotatable bonds is 4. The summed E-state index contributed by atoms with van der Waals surface area (Å²) < 4.78 is 7.67. The Morgan fingerprint density at radius 1 is 0.914 bits per heavy atom. The van der Waals surface area contributed by atoms with Crippen LogP contribution in [0.1, 0.15) is 10.4 Å². The van der Waals surface area contributed by atoms with E-state index in [1.807, 2.05) is 31.3 Å². The van der Waals surface area contributed by atoms with Gasteiger partial charge in [0.25, 0.3) is 5.91 Å². The summed E-state index contributed by atoms with van der Waals surface area (Å²) in [7, 11) is 2.04. The quantitative estimate of drug-likeness (QED) is 0.428. The van der Waals surface area contributed by atoms with Gasteiger partial charge >= 0.3 is 0 Å². The summed E-state index contributed by atoms with van der Waals surface area (Å²) in [6.45, 7) is 2.94. The van der Waals surface area contributed by atoms with Crippen molar-refractivity contribution >= 4 is 39.2 Å². The zero-order valence-corrected chi connectivity index (χ0v) is 19.3. The maximum Gasteiger partial charge on any atom is 0.255 e. The van der Waals surface area contributed by atoms with Gasteiger partial charge in [-0.2, -0.15) is 0 Å². The van der Waals surface area contributed by atoms with E-state index < -0.39 is 0 Å². The number of hydrogen-bond donors (Lipinski definition) is 1. The molecular formula is C27H24N6O2. The van der Waals surface area contributed by atoms with E-state index in [0.29, 0.717) is 30.3 Å². The molecule has 1 amide bonds. The Balaban J connectivity index is 1.40. The van der Waals surface area contributed by atoms with Crippen molar-refractivity contribution in [2.24, 2.45) is 7.05 Å². The Labute approximate surface area is 202 Å². The van der Waals surface area contributed by atoms with E-state index in [9.17, 15) is 4.79 Å². The summed E-state index contributed by atoms with van der Waals surface area (Å²) in [5.74, 6) is 1.40. The molecule has 6 rings (SSSR count). The third-order valence-electron chi connectivity index (χ3n) is 6.36. The van der Waals surface area contributed by atoms with E-state index in [2.05, 4.69) is 44.2 Å². The Morgan fingerprint density at radius 2 is 1.69 bits per heavy atom. The number of nitrogens with one attached hydrogen (secondary N) is 1. The van der Waals surface area contributed by atoms with Gasteiger partial charge in [0.1, 0.15) is 5.82 Å². The van der Waals surface area contributed by atoms with Crippen LogP contribution in [0.3, 0.4) is 0 Å². The minimum Gasteiger partial charge on any atom is -0.378 e. The molecule has 174 valence electrons.